The molecule has 0 radical (unpaired) electrons. The SMILES string of the molecule is CC(Oc1c(N)[nH]c(=O)c(-c2c(CN(C)C)nn(C)c2C#N)c1O)c1cc(F)ccc1C=O. The molecule has 0 aliphatic heterocycles. The van der Waals surface area contributed by atoms with E-state index >= 15 is 0 Å². The summed E-state index contributed by atoms with van der Waals surface area (Å²) in [5.74, 6) is -1.72. The molecule has 0 bridgehead atoms. The Balaban J connectivity index is 2.19. The molecule has 0 amide bonds. The lowest BCUT2D eigenvalue weighted by molar-refractivity contribution is 0.111. The highest BCUT2D eigenvalue weighted by Gasteiger charge is 2.28. The highest BCUT2D eigenvalue weighted by atomic mass is 19.1. The Hall–Kier alpha value is -4.17. The van der Waals surface area contributed by atoms with E-state index < -0.39 is 23.2 Å². The van der Waals surface area contributed by atoms with E-state index in [2.05, 4.69) is 10.1 Å². The number of aromatic nitrogens is 3. The van der Waals surface area contributed by atoms with Gasteiger partial charge < -0.3 is 25.5 Å². The van der Waals surface area contributed by atoms with Gasteiger partial charge in [-0.25, -0.2) is 4.39 Å². The lowest BCUT2D eigenvalue weighted by atomic mass is 10.0. The minimum absolute atomic E-state index is 0.0600. The molecular weight excluding hydrogens is 431 g/mol. The molecule has 2 aromatic heterocycles. The normalized spacial score (nSPS) is 11.9. The maximum Gasteiger partial charge on any atom is 0.261 e. The van der Waals surface area contributed by atoms with E-state index in [0.717, 1.165) is 12.1 Å². The average molecular weight is 454 g/mol. The summed E-state index contributed by atoms with van der Waals surface area (Å²) in [7, 11) is 5.13. The first kappa shape index (κ1) is 23.5. The van der Waals surface area contributed by atoms with Gasteiger partial charge in [-0.15, -0.1) is 0 Å². The maximum absolute atomic E-state index is 13.8. The van der Waals surface area contributed by atoms with Crippen LogP contribution in [0.2, 0.25) is 0 Å². The van der Waals surface area contributed by atoms with Crippen molar-refractivity contribution in [2.75, 3.05) is 19.8 Å². The van der Waals surface area contributed by atoms with Gasteiger partial charge in [0, 0.05) is 24.7 Å². The molecule has 0 saturated carbocycles. The van der Waals surface area contributed by atoms with Crippen LogP contribution in [0.1, 0.15) is 40.3 Å². The molecule has 2 heterocycles. The number of anilines is 1. The smallest absolute Gasteiger partial charge is 0.261 e. The Morgan fingerprint density at radius 3 is 2.73 bits per heavy atom. The first-order valence-electron chi connectivity index (χ1n) is 9.86. The van der Waals surface area contributed by atoms with Crippen molar-refractivity contribution < 1.29 is 19.0 Å². The Bertz CT molecular complexity index is 1320. The number of nitriles is 1. The lowest BCUT2D eigenvalue weighted by Gasteiger charge is -2.20. The van der Waals surface area contributed by atoms with Crippen LogP contribution in [0.4, 0.5) is 10.2 Å². The zero-order valence-corrected chi connectivity index (χ0v) is 18.5. The minimum Gasteiger partial charge on any atom is -0.504 e. The number of nitrogens with zero attached hydrogens (tertiary/aromatic N) is 4. The molecule has 3 aromatic rings. The third-order valence-corrected chi connectivity index (χ3v) is 5.02. The standard InChI is InChI=1S/C22H23FN6O4/c1-11(14-7-13(23)6-5-12(14)10-30)33-20-19(31)18(22(32)26-21(20)25)17-15(9-28(2)3)27-29(4)16(17)8-24/h5-7,10-11H,9H2,1-4H3,(H4,25,26,31,32). The number of ether oxygens (including phenoxy) is 1. The van der Waals surface area contributed by atoms with E-state index in [4.69, 9.17) is 10.5 Å². The number of aromatic amines is 1. The lowest BCUT2D eigenvalue weighted by Crippen LogP contribution is -2.17. The van der Waals surface area contributed by atoms with Crippen molar-refractivity contribution in [3.63, 3.8) is 0 Å². The fourth-order valence-electron chi connectivity index (χ4n) is 3.57. The van der Waals surface area contributed by atoms with Crippen molar-refractivity contribution in [1.82, 2.24) is 19.7 Å². The zero-order chi connectivity index (χ0) is 24.4. The summed E-state index contributed by atoms with van der Waals surface area (Å²) >= 11 is 0. The maximum atomic E-state index is 13.8. The Morgan fingerprint density at radius 2 is 2.12 bits per heavy atom. The van der Waals surface area contributed by atoms with E-state index in [1.165, 1.54) is 17.7 Å². The first-order chi connectivity index (χ1) is 15.6. The summed E-state index contributed by atoms with van der Waals surface area (Å²) in [6.45, 7) is 1.82. The van der Waals surface area contributed by atoms with E-state index in [0.29, 0.717) is 12.0 Å². The third kappa shape index (κ3) is 4.42. The summed E-state index contributed by atoms with van der Waals surface area (Å²) in [6, 6.07) is 5.58. The molecule has 0 aliphatic carbocycles. The van der Waals surface area contributed by atoms with Gasteiger partial charge in [0.2, 0.25) is 5.75 Å². The number of aryl methyl sites for hydroxylation is 1. The van der Waals surface area contributed by atoms with E-state index in [1.54, 1.807) is 26.0 Å². The van der Waals surface area contributed by atoms with Crippen molar-refractivity contribution in [3.05, 3.63) is 56.9 Å². The predicted octanol–water partition coefficient (Wildman–Crippen LogP) is 2.09. The van der Waals surface area contributed by atoms with Crippen LogP contribution in [0.15, 0.2) is 23.0 Å². The summed E-state index contributed by atoms with van der Waals surface area (Å²) in [5.41, 5.74) is 5.95. The molecule has 0 spiro atoms. The number of nitrogen functional groups attached to an aromatic ring is 1. The molecule has 11 heteroatoms. The van der Waals surface area contributed by atoms with Gasteiger partial charge in [0.05, 0.1) is 16.8 Å². The molecule has 1 aromatic carbocycles. The molecule has 0 fully saturated rings. The number of carbonyl (C=O) groups excluding carboxylic acids is 1. The molecule has 0 saturated heterocycles. The number of aromatic hydroxyl groups is 1. The highest BCUT2D eigenvalue weighted by Crippen LogP contribution is 2.42. The molecule has 172 valence electrons. The summed E-state index contributed by atoms with van der Waals surface area (Å²) in [5, 5.41) is 25.0. The van der Waals surface area contributed by atoms with Gasteiger partial charge in [0.15, 0.2) is 11.6 Å². The summed E-state index contributed by atoms with van der Waals surface area (Å²) in [6.07, 6.45) is -0.364. The highest BCUT2D eigenvalue weighted by molar-refractivity contribution is 5.80. The Kier molecular flexibility index (Phi) is 6.50. The number of halogens is 1. The number of hydrogen-bond acceptors (Lipinski definition) is 8. The molecular formula is C22H23FN6O4. The molecule has 3 rings (SSSR count). The van der Waals surface area contributed by atoms with E-state index in [1.807, 2.05) is 6.07 Å². The van der Waals surface area contributed by atoms with Gasteiger partial charge >= 0.3 is 0 Å². The third-order valence-electron chi connectivity index (χ3n) is 5.02. The first-order valence-corrected chi connectivity index (χ1v) is 9.86. The fraction of sp³-hybridized carbons (Fsp3) is 0.273. The number of rotatable bonds is 7. The zero-order valence-electron chi connectivity index (χ0n) is 18.5. The van der Waals surface area contributed by atoms with Crippen molar-refractivity contribution in [1.29, 1.82) is 5.26 Å². The number of hydrogen-bond donors (Lipinski definition) is 3. The molecule has 4 N–H and O–H groups in total. The Morgan fingerprint density at radius 1 is 1.42 bits per heavy atom. The van der Waals surface area contributed by atoms with Crippen LogP contribution in [0.5, 0.6) is 11.5 Å². The number of pyridine rings is 1. The molecule has 1 unspecified atom stereocenters. The quantitative estimate of drug-likeness (QED) is 0.459. The van der Waals surface area contributed by atoms with Crippen LogP contribution in [0.25, 0.3) is 11.1 Å². The number of aldehydes is 1. The monoisotopic (exact) mass is 454 g/mol. The van der Waals surface area contributed by atoms with Crippen LogP contribution in [-0.2, 0) is 13.6 Å². The Labute approximate surface area is 188 Å². The van der Waals surface area contributed by atoms with Gasteiger partial charge in [0.25, 0.3) is 5.56 Å². The van der Waals surface area contributed by atoms with Gasteiger partial charge in [-0.3, -0.25) is 14.3 Å². The van der Waals surface area contributed by atoms with Gasteiger partial charge in [-0.05, 0) is 39.2 Å². The number of H-pyrrole nitrogens is 1. The second kappa shape index (κ2) is 9.13. The predicted molar refractivity (Wildman–Crippen MR) is 118 cm³/mol. The molecule has 1 atom stereocenters. The van der Waals surface area contributed by atoms with Crippen LogP contribution in [0.3, 0.4) is 0 Å². The van der Waals surface area contributed by atoms with Gasteiger partial charge in [-0.2, -0.15) is 10.4 Å². The second-order valence-electron chi connectivity index (χ2n) is 7.72. The van der Waals surface area contributed by atoms with E-state index in [-0.39, 0.29) is 46.1 Å². The summed E-state index contributed by atoms with van der Waals surface area (Å²) in [4.78, 5) is 28.4. The van der Waals surface area contributed by atoms with Crippen molar-refractivity contribution in [3.8, 4) is 28.7 Å². The van der Waals surface area contributed by atoms with Crippen molar-refractivity contribution in [2.45, 2.75) is 19.6 Å². The van der Waals surface area contributed by atoms with E-state index in [9.17, 15) is 24.3 Å². The van der Waals surface area contributed by atoms with Crippen LogP contribution in [-0.4, -0.2) is 45.2 Å². The number of nitrogens with two attached hydrogens (primary N) is 1. The average Bonchev–Trinajstić information content (AvgIpc) is 3.04. The topological polar surface area (TPSA) is 150 Å². The second-order valence-corrected chi connectivity index (χ2v) is 7.72. The molecule has 0 aliphatic rings. The van der Waals surface area contributed by atoms with Crippen molar-refractivity contribution >= 4 is 12.1 Å². The number of carbonyl (C=O) groups is 1. The summed E-state index contributed by atoms with van der Waals surface area (Å²) < 4.78 is 20.9. The molecule has 33 heavy (non-hydrogen) atoms. The number of benzene rings is 1. The van der Waals surface area contributed by atoms with Crippen molar-refractivity contribution in [2.24, 2.45) is 7.05 Å². The van der Waals surface area contributed by atoms with Crippen LogP contribution >= 0.6 is 0 Å². The van der Waals surface area contributed by atoms with Crippen LogP contribution < -0.4 is 16.0 Å². The van der Waals surface area contributed by atoms with Gasteiger partial charge in [-0.1, -0.05) is 0 Å². The minimum atomic E-state index is -0.918. The largest absolute Gasteiger partial charge is 0.504 e. The van der Waals surface area contributed by atoms with Crippen LogP contribution in [0, 0.1) is 17.1 Å². The fourth-order valence-corrected chi connectivity index (χ4v) is 3.57. The number of nitrogens with one attached hydrogen (secondary N) is 1. The van der Waals surface area contributed by atoms with Gasteiger partial charge in [0.1, 0.15) is 30.0 Å². The molecule has 10 nitrogen and oxygen atoms in total.